The molecule has 1 fully saturated rings. The number of methoxy groups -OCH3 is 1. The van der Waals surface area contributed by atoms with Crippen molar-refractivity contribution in [1.29, 1.82) is 0 Å². The number of hydrogen-bond acceptors (Lipinski definition) is 5. The summed E-state index contributed by atoms with van der Waals surface area (Å²) in [5.74, 6) is 0.727. The molecule has 32 heavy (non-hydrogen) atoms. The number of anilines is 1. The zero-order valence-corrected chi connectivity index (χ0v) is 18.7. The van der Waals surface area contributed by atoms with Gasteiger partial charge in [0, 0.05) is 37.8 Å². The van der Waals surface area contributed by atoms with Crippen LogP contribution in [0.5, 0.6) is 5.75 Å². The SMILES string of the molecule is COc1ccccc1N1CCN(C(=O)C(C)n2nc(-c3ccc(C)cc3)ccc2=O)CC1. The van der Waals surface area contributed by atoms with Gasteiger partial charge in [-0.1, -0.05) is 42.0 Å². The number of aromatic nitrogens is 2. The highest BCUT2D eigenvalue weighted by Gasteiger charge is 2.28. The van der Waals surface area contributed by atoms with Gasteiger partial charge < -0.3 is 14.5 Å². The fourth-order valence-corrected chi connectivity index (χ4v) is 4.01. The van der Waals surface area contributed by atoms with Crippen LogP contribution in [0.2, 0.25) is 0 Å². The van der Waals surface area contributed by atoms with Crippen LogP contribution in [-0.2, 0) is 4.79 Å². The smallest absolute Gasteiger partial charge is 0.267 e. The Morgan fingerprint density at radius 2 is 1.66 bits per heavy atom. The highest BCUT2D eigenvalue weighted by Crippen LogP contribution is 2.28. The van der Waals surface area contributed by atoms with Gasteiger partial charge in [0.05, 0.1) is 18.5 Å². The van der Waals surface area contributed by atoms with E-state index in [1.54, 1.807) is 20.1 Å². The van der Waals surface area contributed by atoms with Gasteiger partial charge in [0.25, 0.3) is 5.56 Å². The standard InChI is InChI=1S/C25H28N4O3/c1-18-8-10-20(11-9-18)21-12-13-24(30)29(26-21)19(2)25(31)28-16-14-27(15-17-28)22-6-4-5-7-23(22)32-3/h4-13,19H,14-17H2,1-3H3. The Bertz CT molecular complexity index is 1150. The van der Waals surface area contributed by atoms with Crippen molar-refractivity contribution < 1.29 is 9.53 Å². The third kappa shape index (κ3) is 4.37. The number of para-hydroxylation sites is 2. The van der Waals surface area contributed by atoms with Crippen LogP contribution in [0.4, 0.5) is 5.69 Å². The van der Waals surface area contributed by atoms with E-state index in [1.165, 1.54) is 10.7 Å². The van der Waals surface area contributed by atoms with Crippen molar-refractivity contribution in [2.24, 2.45) is 0 Å². The molecule has 3 aromatic rings. The summed E-state index contributed by atoms with van der Waals surface area (Å²) in [5, 5.41) is 4.50. The summed E-state index contributed by atoms with van der Waals surface area (Å²) in [6.45, 7) is 6.31. The first-order valence-corrected chi connectivity index (χ1v) is 10.8. The summed E-state index contributed by atoms with van der Waals surface area (Å²) in [4.78, 5) is 29.7. The molecule has 1 atom stereocenters. The summed E-state index contributed by atoms with van der Waals surface area (Å²) >= 11 is 0. The van der Waals surface area contributed by atoms with E-state index in [4.69, 9.17) is 4.74 Å². The number of aryl methyl sites for hydroxylation is 1. The van der Waals surface area contributed by atoms with Gasteiger partial charge in [-0.3, -0.25) is 9.59 Å². The van der Waals surface area contributed by atoms with Gasteiger partial charge in [-0.05, 0) is 32.0 Å². The lowest BCUT2D eigenvalue weighted by Gasteiger charge is -2.37. The molecule has 4 rings (SSSR count). The molecule has 1 amide bonds. The second-order valence-electron chi connectivity index (χ2n) is 8.03. The molecule has 1 unspecified atom stereocenters. The normalized spacial score (nSPS) is 14.8. The Hall–Kier alpha value is -3.61. The summed E-state index contributed by atoms with van der Waals surface area (Å²) in [7, 11) is 1.66. The molecule has 7 nitrogen and oxygen atoms in total. The lowest BCUT2D eigenvalue weighted by Crippen LogP contribution is -2.51. The molecule has 0 spiro atoms. The first-order chi connectivity index (χ1) is 15.5. The number of nitrogens with zero attached hydrogens (tertiary/aromatic N) is 4. The largest absolute Gasteiger partial charge is 0.495 e. The molecule has 7 heteroatoms. The molecule has 166 valence electrons. The van der Waals surface area contributed by atoms with E-state index in [0.29, 0.717) is 31.9 Å². The Labute approximate surface area is 187 Å². The van der Waals surface area contributed by atoms with Crippen molar-refractivity contribution >= 4 is 11.6 Å². The maximum atomic E-state index is 13.2. The average Bonchev–Trinajstić information content (AvgIpc) is 2.84. The fraction of sp³-hybridized carbons (Fsp3) is 0.320. The predicted molar refractivity (Wildman–Crippen MR) is 125 cm³/mol. The van der Waals surface area contributed by atoms with E-state index in [9.17, 15) is 9.59 Å². The second kappa shape index (κ2) is 9.26. The van der Waals surface area contributed by atoms with E-state index < -0.39 is 6.04 Å². The molecule has 1 saturated heterocycles. The molecule has 1 aromatic heterocycles. The molecule has 0 saturated carbocycles. The van der Waals surface area contributed by atoms with Crippen LogP contribution in [0.25, 0.3) is 11.3 Å². The molecule has 0 radical (unpaired) electrons. The number of ether oxygens (including phenoxy) is 1. The summed E-state index contributed by atoms with van der Waals surface area (Å²) in [6, 6.07) is 18.3. The van der Waals surface area contributed by atoms with Crippen LogP contribution in [0.1, 0.15) is 18.5 Å². The highest BCUT2D eigenvalue weighted by molar-refractivity contribution is 5.80. The van der Waals surface area contributed by atoms with E-state index in [0.717, 1.165) is 22.6 Å². The molecule has 2 heterocycles. The minimum Gasteiger partial charge on any atom is -0.495 e. The maximum Gasteiger partial charge on any atom is 0.267 e. The summed E-state index contributed by atoms with van der Waals surface area (Å²) in [5.41, 5.74) is 3.48. The van der Waals surface area contributed by atoms with Gasteiger partial charge in [-0.2, -0.15) is 5.10 Å². The zero-order chi connectivity index (χ0) is 22.7. The molecule has 0 N–H and O–H groups in total. The van der Waals surface area contributed by atoms with E-state index in [1.807, 2.05) is 60.4 Å². The quantitative estimate of drug-likeness (QED) is 0.620. The predicted octanol–water partition coefficient (Wildman–Crippen LogP) is 3.14. The van der Waals surface area contributed by atoms with Gasteiger partial charge in [0.15, 0.2) is 0 Å². The number of benzene rings is 2. The zero-order valence-electron chi connectivity index (χ0n) is 18.7. The molecule has 0 bridgehead atoms. The average molecular weight is 433 g/mol. The van der Waals surface area contributed by atoms with E-state index in [-0.39, 0.29) is 11.5 Å². The fourth-order valence-electron chi connectivity index (χ4n) is 4.01. The van der Waals surface area contributed by atoms with Crippen molar-refractivity contribution in [1.82, 2.24) is 14.7 Å². The van der Waals surface area contributed by atoms with Crippen LogP contribution in [-0.4, -0.2) is 53.9 Å². The van der Waals surface area contributed by atoms with Crippen LogP contribution in [0, 0.1) is 6.92 Å². The monoisotopic (exact) mass is 432 g/mol. The van der Waals surface area contributed by atoms with Gasteiger partial charge in [0.2, 0.25) is 5.91 Å². The van der Waals surface area contributed by atoms with Crippen LogP contribution < -0.4 is 15.2 Å². The van der Waals surface area contributed by atoms with Crippen molar-refractivity contribution in [2.45, 2.75) is 19.9 Å². The first-order valence-electron chi connectivity index (χ1n) is 10.8. The highest BCUT2D eigenvalue weighted by atomic mass is 16.5. The van der Waals surface area contributed by atoms with Crippen molar-refractivity contribution in [3.63, 3.8) is 0 Å². The number of hydrogen-bond donors (Lipinski definition) is 0. The lowest BCUT2D eigenvalue weighted by molar-refractivity contribution is -0.135. The second-order valence-corrected chi connectivity index (χ2v) is 8.03. The van der Waals surface area contributed by atoms with Crippen molar-refractivity contribution in [3.8, 4) is 17.0 Å². The lowest BCUT2D eigenvalue weighted by atomic mass is 10.1. The Kier molecular flexibility index (Phi) is 6.25. The number of carbonyl (C=O) groups is 1. The Morgan fingerprint density at radius 1 is 0.969 bits per heavy atom. The molecule has 0 aliphatic carbocycles. The van der Waals surface area contributed by atoms with E-state index in [2.05, 4.69) is 10.00 Å². The van der Waals surface area contributed by atoms with Gasteiger partial charge in [-0.25, -0.2) is 4.68 Å². The first kappa shape index (κ1) is 21.6. The minimum atomic E-state index is -0.675. The summed E-state index contributed by atoms with van der Waals surface area (Å²) in [6.07, 6.45) is 0. The number of carbonyl (C=O) groups excluding carboxylic acids is 1. The van der Waals surface area contributed by atoms with E-state index >= 15 is 0 Å². The third-order valence-electron chi connectivity index (χ3n) is 5.91. The van der Waals surface area contributed by atoms with Gasteiger partial charge in [-0.15, -0.1) is 0 Å². The van der Waals surface area contributed by atoms with Crippen LogP contribution in [0.3, 0.4) is 0 Å². The molecule has 2 aromatic carbocycles. The Morgan fingerprint density at radius 3 is 2.34 bits per heavy atom. The van der Waals surface area contributed by atoms with Crippen LogP contribution >= 0.6 is 0 Å². The molecular formula is C25H28N4O3. The van der Waals surface area contributed by atoms with Gasteiger partial charge >= 0.3 is 0 Å². The molecule has 1 aliphatic rings. The summed E-state index contributed by atoms with van der Waals surface area (Å²) < 4.78 is 6.76. The van der Waals surface area contributed by atoms with Crippen molar-refractivity contribution in [2.75, 3.05) is 38.2 Å². The topological polar surface area (TPSA) is 67.7 Å². The third-order valence-corrected chi connectivity index (χ3v) is 5.91. The van der Waals surface area contributed by atoms with Crippen molar-refractivity contribution in [3.05, 3.63) is 76.6 Å². The number of amides is 1. The minimum absolute atomic E-state index is 0.0969. The Balaban J connectivity index is 1.48. The van der Waals surface area contributed by atoms with Gasteiger partial charge in [0.1, 0.15) is 11.8 Å². The number of rotatable bonds is 5. The maximum absolute atomic E-state index is 13.2. The van der Waals surface area contributed by atoms with Crippen LogP contribution in [0.15, 0.2) is 65.5 Å². The number of piperazine rings is 1. The molecular weight excluding hydrogens is 404 g/mol. The molecule has 1 aliphatic heterocycles.